The Labute approximate surface area is 123 Å². The average molecular weight is 286 g/mol. The van der Waals surface area contributed by atoms with Gasteiger partial charge >= 0.3 is 5.97 Å². The number of benzene rings is 1. The van der Waals surface area contributed by atoms with Gasteiger partial charge in [0.25, 0.3) is 0 Å². The lowest BCUT2D eigenvalue weighted by atomic mass is 10.1. The molecular weight excluding hydrogens is 268 g/mol. The average Bonchev–Trinajstić information content (AvgIpc) is 2.45. The molecule has 1 heterocycles. The Morgan fingerprint density at radius 1 is 1.24 bits per heavy atom. The number of hydrogen-bond donors (Lipinski definition) is 1. The SMILES string of the molecule is CCOC(=O)CCC(=O)Nc1cc(C)nc2ccccc12. The summed E-state index contributed by atoms with van der Waals surface area (Å²) in [4.78, 5) is 27.6. The minimum Gasteiger partial charge on any atom is -0.466 e. The molecule has 0 atom stereocenters. The Kier molecular flexibility index (Phi) is 4.87. The van der Waals surface area contributed by atoms with Gasteiger partial charge in [0.2, 0.25) is 5.91 Å². The molecule has 1 N–H and O–H groups in total. The second kappa shape index (κ2) is 6.83. The molecule has 0 aliphatic carbocycles. The summed E-state index contributed by atoms with van der Waals surface area (Å²) in [5.74, 6) is -0.567. The fourth-order valence-electron chi connectivity index (χ4n) is 2.07. The van der Waals surface area contributed by atoms with E-state index in [0.29, 0.717) is 12.3 Å². The number of esters is 1. The predicted octanol–water partition coefficient (Wildman–Crippen LogP) is 2.83. The van der Waals surface area contributed by atoms with Crippen molar-refractivity contribution in [1.82, 2.24) is 4.98 Å². The third kappa shape index (κ3) is 4.02. The molecular formula is C16H18N2O3. The molecule has 1 amide bonds. The maximum Gasteiger partial charge on any atom is 0.306 e. The molecule has 0 spiro atoms. The Morgan fingerprint density at radius 2 is 2.00 bits per heavy atom. The van der Waals surface area contributed by atoms with Gasteiger partial charge in [-0.2, -0.15) is 0 Å². The summed E-state index contributed by atoms with van der Waals surface area (Å²) in [6.45, 7) is 3.94. The number of hydrogen-bond acceptors (Lipinski definition) is 4. The number of aromatic nitrogens is 1. The number of para-hydroxylation sites is 1. The second-order valence-corrected chi connectivity index (χ2v) is 4.68. The minimum atomic E-state index is -0.358. The zero-order valence-electron chi connectivity index (χ0n) is 12.2. The number of carbonyl (C=O) groups is 2. The van der Waals surface area contributed by atoms with Crippen molar-refractivity contribution in [2.75, 3.05) is 11.9 Å². The van der Waals surface area contributed by atoms with Crippen LogP contribution in [-0.2, 0) is 14.3 Å². The first-order chi connectivity index (χ1) is 10.1. The van der Waals surface area contributed by atoms with E-state index in [1.54, 1.807) is 6.92 Å². The fourth-order valence-corrected chi connectivity index (χ4v) is 2.07. The van der Waals surface area contributed by atoms with Crippen molar-refractivity contribution in [2.24, 2.45) is 0 Å². The number of aryl methyl sites for hydroxylation is 1. The van der Waals surface area contributed by atoms with Gasteiger partial charge in [0.15, 0.2) is 0 Å². The van der Waals surface area contributed by atoms with Gasteiger partial charge in [0, 0.05) is 17.5 Å². The first-order valence-electron chi connectivity index (χ1n) is 6.92. The molecule has 0 saturated heterocycles. The summed E-state index contributed by atoms with van der Waals surface area (Å²) in [6, 6.07) is 9.43. The van der Waals surface area contributed by atoms with E-state index in [0.717, 1.165) is 16.6 Å². The molecule has 1 aromatic carbocycles. The highest BCUT2D eigenvalue weighted by molar-refractivity contribution is 6.01. The molecule has 0 bridgehead atoms. The Balaban J connectivity index is 2.09. The van der Waals surface area contributed by atoms with E-state index < -0.39 is 0 Å². The van der Waals surface area contributed by atoms with Gasteiger partial charge in [0.1, 0.15) is 0 Å². The van der Waals surface area contributed by atoms with Crippen LogP contribution in [-0.4, -0.2) is 23.5 Å². The molecule has 0 aliphatic heterocycles. The van der Waals surface area contributed by atoms with Crippen LogP contribution in [0, 0.1) is 6.92 Å². The van der Waals surface area contributed by atoms with Crippen molar-refractivity contribution in [2.45, 2.75) is 26.7 Å². The van der Waals surface area contributed by atoms with Crippen molar-refractivity contribution in [1.29, 1.82) is 0 Å². The smallest absolute Gasteiger partial charge is 0.306 e. The van der Waals surface area contributed by atoms with E-state index in [4.69, 9.17) is 4.74 Å². The van der Waals surface area contributed by atoms with E-state index in [2.05, 4.69) is 10.3 Å². The van der Waals surface area contributed by atoms with Gasteiger partial charge in [-0.3, -0.25) is 14.6 Å². The van der Waals surface area contributed by atoms with Gasteiger partial charge in [-0.05, 0) is 26.0 Å². The third-order valence-corrected chi connectivity index (χ3v) is 2.98. The fraction of sp³-hybridized carbons (Fsp3) is 0.312. The zero-order chi connectivity index (χ0) is 15.2. The molecule has 2 aromatic rings. The summed E-state index contributed by atoms with van der Waals surface area (Å²) in [5, 5.41) is 3.72. The van der Waals surface area contributed by atoms with Gasteiger partial charge in [-0.25, -0.2) is 0 Å². The minimum absolute atomic E-state index is 0.0850. The molecule has 0 aliphatic rings. The van der Waals surface area contributed by atoms with Crippen LogP contribution >= 0.6 is 0 Å². The number of fused-ring (bicyclic) bond motifs is 1. The maximum absolute atomic E-state index is 11.9. The number of nitrogens with one attached hydrogen (secondary N) is 1. The van der Waals surface area contributed by atoms with Crippen molar-refractivity contribution in [3.8, 4) is 0 Å². The first kappa shape index (κ1) is 15.0. The van der Waals surface area contributed by atoms with Crippen LogP contribution in [0.15, 0.2) is 30.3 Å². The number of rotatable bonds is 5. The standard InChI is InChI=1S/C16H18N2O3/c1-3-21-16(20)9-8-15(19)18-14-10-11(2)17-13-7-5-4-6-12(13)14/h4-7,10H,3,8-9H2,1-2H3,(H,17,18,19). The molecule has 110 valence electrons. The predicted molar refractivity (Wildman–Crippen MR) is 81.0 cm³/mol. The maximum atomic E-state index is 11.9. The van der Waals surface area contributed by atoms with Gasteiger partial charge in [0.05, 0.1) is 24.2 Å². The quantitative estimate of drug-likeness (QED) is 0.858. The van der Waals surface area contributed by atoms with Crippen LogP contribution in [0.5, 0.6) is 0 Å². The number of pyridine rings is 1. The highest BCUT2D eigenvalue weighted by Crippen LogP contribution is 2.23. The molecule has 5 heteroatoms. The van der Waals surface area contributed by atoms with Crippen LogP contribution in [0.4, 0.5) is 5.69 Å². The zero-order valence-corrected chi connectivity index (χ0v) is 12.2. The molecule has 5 nitrogen and oxygen atoms in total. The Bertz CT molecular complexity index is 668. The Morgan fingerprint density at radius 3 is 2.76 bits per heavy atom. The lowest BCUT2D eigenvalue weighted by molar-refractivity contribution is -0.144. The van der Waals surface area contributed by atoms with Crippen LogP contribution in [0.3, 0.4) is 0 Å². The lowest BCUT2D eigenvalue weighted by Crippen LogP contribution is -2.15. The van der Waals surface area contributed by atoms with Crippen LogP contribution in [0.1, 0.15) is 25.5 Å². The topological polar surface area (TPSA) is 68.3 Å². The van der Waals surface area contributed by atoms with Crippen LogP contribution in [0.2, 0.25) is 0 Å². The largest absolute Gasteiger partial charge is 0.466 e. The molecule has 0 fully saturated rings. The molecule has 0 saturated carbocycles. The first-order valence-corrected chi connectivity index (χ1v) is 6.92. The number of carbonyl (C=O) groups excluding carboxylic acids is 2. The normalized spacial score (nSPS) is 10.4. The summed E-state index contributed by atoms with van der Waals surface area (Å²) in [7, 11) is 0. The number of anilines is 1. The van der Waals surface area contributed by atoms with Gasteiger partial charge < -0.3 is 10.1 Å². The summed E-state index contributed by atoms with van der Waals surface area (Å²) in [6.07, 6.45) is 0.191. The van der Waals surface area contributed by atoms with E-state index in [9.17, 15) is 9.59 Å². The summed E-state index contributed by atoms with van der Waals surface area (Å²) >= 11 is 0. The number of ether oxygens (including phenoxy) is 1. The van der Waals surface area contributed by atoms with Crippen LogP contribution < -0.4 is 5.32 Å². The molecule has 0 unspecified atom stereocenters. The van der Waals surface area contributed by atoms with Crippen LogP contribution in [0.25, 0.3) is 10.9 Å². The summed E-state index contributed by atoms with van der Waals surface area (Å²) < 4.78 is 4.80. The van der Waals surface area contributed by atoms with Crippen molar-refractivity contribution in [3.63, 3.8) is 0 Å². The van der Waals surface area contributed by atoms with E-state index >= 15 is 0 Å². The van der Waals surface area contributed by atoms with Gasteiger partial charge in [-0.1, -0.05) is 18.2 Å². The van der Waals surface area contributed by atoms with Crippen molar-refractivity contribution < 1.29 is 14.3 Å². The molecule has 21 heavy (non-hydrogen) atoms. The monoisotopic (exact) mass is 286 g/mol. The van der Waals surface area contributed by atoms with Gasteiger partial charge in [-0.15, -0.1) is 0 Å². The number of amides is 1. The summed E-state index contributed by atoms with van der Waals surface area (Å²) in [5.41, 5.74) is 2.37. The third-order valence-electron chi connectivity index (χ3n) is 2.98. The molecule has 0 radical (unpaired) electrons. The highest BCUT2D eigenvalue weighted by Gasteiger charge is 2.10. The van der Waals surface area contributed by atoms with E-state index in [-0.39, 0.29) is 24.7 Å². The van der Waals surface area contributed by atoms with Crippen molar-refractivity contribution in [3.05, 3.63) is 36.0 Å². The second-order valence-electron chi connectivity index (χ2n) is 4.68. The van der Waals surface area contributed by atoms with E-state index in [1.165, 1.54) is 0 Å². The molecule has 2 rings (SSSR count). The Hall–Kier alpha value is -2.43. The lowest BCUT2D eigenvalue weighted by Gasteiger charge is -2.09. The number of nitrogens with zero attached hydrogens (tertiary/aromatic N) is 1. The highest BCUT2D eigenvalue weighted by atomic mass is 16.5. The molecule has 1 aromatic heterocycles. The van der Waals surface area contributed by atoms with E-state index in [1.807, 2.05) is 37.3 Å². The van der Waals surface area contributed by atoms with Crippen molar-refractivity contribution >= 4 is 28.5 Å².